The summed E-state index contributed by atoms with van der Waals surface area (Å²) in [5, 5.41) is 3.37. The monoisotopic (exact) mass is 228 g/mol. The van der Waals surface area contributed by atoms with Gasteiger partial charge in [0.1, 0.15) is 0 Å². The number of hydrogen-bond acceptors (Lipinski definition) is 3. The summed E-state index contributed by atoms with van der Waals surface area (Å²) >= 11 is 0. The van der Waals surface area contributed by atoms with E-state index in [1.165, 1.54) is 12.8 Å². The third kappa shape index (κ3) is 4.00. The van der Waals surface area contributed by atoms with Crippen LogP contribution in [0.15, 0.2) is 0 Å². The minimum absolute atomic E-state index is 0.178. The molecule has 0 aromatic rings. The van der Waals surface area contributed by atoms with Gasteiger partial charge < -0.3 is 15.0 Å². The Balaban J connectivity index is 2.46. The molecule has 0 bridgehead atoms. The quantitative estimate of drug-likeness (QED) is 0.798. The van der Waals surface area contributed by atoms with E-state index in [1.54, 1.807) is 0 Å². The highest BCUT2D eigenvalue weighted by atomic mass is 16.6. The molecule has 0 aromatic carbocycles. The van der Waals surface area contributed by atoms with Crippen molar-refractivity contribution in [2.75, 3.05) is 26.2 Å². The molecule has 4 nitrogen and oxygen atoms in total. The highest BCUT2D eigenvalue weighted by Gasteiger charge is 2.23. The normalized spacial score (nSPS) is 20.9. The van der Waals surface area contributed by atoms with Gasteiger partial charge in [0, 0.05) is 12.6 Å². The van der Waals surface area contributed by atoms with E-state index < -0.39 is 0 Å². The molecule has 1 fully saturated rings. The largest absolute Gasteiger partial charge is 0.450 e. The van der Waals surface area contributed by atoms with Crippen LogP contribution < -0.4 is 5.32 Å². The summed E-state index contributed by atoms with van der Waals surface area (Å²) in [4.78, 5) is 13.6. The first-order valence-corrected chi connectivity index (χ1v) is 6.29. The van der Waals surface area contributed by atoms with Crippen molar-refractivity contribution in [1.82, 2.24) is 10.2 Å². The van der Waals surface area contributed by atoms with Gasteiger partial charge in [0.2, 0.25) is 0 Å². The summed E-state index contributed by atoms with van der Waals surface area (Å²) < 4.78 is 5.07. The Morgan fingerprint density at radius 3 is 2.81 bits per heavy atom. The first kappa shape index (κ1) is 13.3. The van der Waals surface area contributed by atoms with Crippen LogP contribution in [-0.2, 0) is 4.74 Å². The number of carbonyl (C=O) groups excluding carboxylic acids is 1. The second kappa shape index (κ2) is 6.74. The molecule has 94 valence electrons. The maximum atomic E-state index is 11.7. The van der Waals surface area contributed by atoms with Crippen LogP contribution >= 0.6 is 0 Å². The van der Waals surface area contributed by atoms with Crippen molar-refractivity contribution in [3.8, 4) is 0 Å². The van der Waals surface area contributed by atoms with Crippen LogP contribution in [0.2, 0.25) is 0 Å². The van der Waals surface area contributed by atoms with Crippen LogP contribution in [0.25, 0.3) is 0 Å². The summed E-state index contributed by atoms with van der Waals surface area (Å²) in [5.74, 6) is 0.570. The second-order valence-corrected chi connectivity index (χ2v) is 4.66. The molecule has 4 heteroatoms. The Hall–Kier alpha value is -0.770. The van der Waals surface area contributed by atoms with Gasteiger partial charge in [-0.25, -0.2) is 4.79 Å². The number of amides is 1. The molecule has 1 heterocycles. The lowest BCUT2D eigenvalue weighted by Gasteiger charge is -2.32. The Kier molecular flexibility index (Phi) is 5.60. The lowest BCUT2D eigenvalue weighted by atomic mass is 9.99. The first-order chi connectivity index (χ1) is 7.65. The molecule has 0 aromatic heterocycles. The molecule has 0 radical (unpaired) electrons. The third-order valence-electron chi connectivity index (χ3n) is 2.98. The predicted octanol–water partition coefficient (Wildman–Crippen LogP) is 1.85. The molecule has 1 atom stereocenters. The number of nitrogens with one attached hydrogen (secondary N) is 1. The van der Waals surface area contributed by atoms with Crippen molar-refractivity contribution in [2.24, 2.45) is 5.92 Å². The van der Waals surface area contributed by atoms with E-state index in [9.17, 15) is 4.79 Å². The van der Waals surface area contributed by atoms with Gasteiger partial charge in [-0.2, -0.15) is 0 Å². The van der Waals surface area contributed by atoms with E-state index in [0.717, 1.165) is 19.6 Å². The van der Waals surface area contributed by atoms with Gasteiger partial charge >= 0.3 is 6.09 Å². The van der Waals surface area contributed by atoms with Gasteiger partial charge in [0.15, 0.2) is 0 Å². The zero-order valence-electron chi connectivity index (χ0n) is 10.7. The number of piperidine rings is 1. The van der Waals surface area contributed by atoms with Gasteiger partial charge in [0.05, 0.1) is 6.61 Å². The molecule has 1 unspecified atom stereocenters. The Labute approximate surface area is 98.3 Å². The molecule has 0 spiro atoms. The SMILES string of the molecule is CCOC(=O)N(CC1CCCNC1)C(C)C. The summed E-state index contributed by atoms with van der Waals surface area (Å²) in [6, 6.07) is 0.209. The molecule has 16 heavy (non-hydrogen) atoms. The standard InChI is InChI=1S/C12H24N2O2/c1-4-16-12(15)14(10(2)3)9-11-6-5-7-13-8-11/h10-11,13H,4-9H2,1-3H3. The Bertz CT molecular complexity index is 213. The van der Waals surface area contributed by atoms with Gasteiger partial charge in [-0.3, -0.25) is 0 Å². The van der Waals surface area contributed by atoms with Crippen molar-refractivity contribution in [2.45, 2.75) is 39.7 Å². The highest BCUT2D eigenvalue weighted by molar-refractivity contribution is 5.67. The number of hydrogen-bond donors (Lipinski definition) is 1. The summed E-state index contributed by atoms with van der Waals surface area (Å²) in [7, 11) is 0. The molecule has 1 amide bonds. The number of rotatable bonds is 4. The van der Waals surface area contributed by atoms with Crippen molar-refractivity contribution >= 4 is 6.09 Å². The molecule has 1 aliphatic heterocycles. The smallest absolute Gasteiger partial charge is 0.409 e. The first-order valence-electron chi connectivity index (χ1n) is 6.29. The van der Waals surface area contributed by atoms with Gasteiger partial charge in [-0.1, -0.05) is 0 Å². The van der Waals surface area contributed by atoms with Crippen LogP contribution in [0.5, 0.6) is 0 Å². The number of carbonyl (C=O) groups is 1. The maximum absolute atomic E-state index is 11.7. The molecule has 0 saturated carbocycles. The highest BCUT2D eigenvalue weighted by Crippen LogP contribution is 2.14. The van der Waals surface area contributed by atoms with Crippen LogP contribution in [0.1, 0.15) is 33.6 Å². The lowest BCUT2D eigenvalue weighted by molar-refractivity contribution is 0.0861. The topological polar surface area (TPSA) is 41.6 Å². The van der Waals surface area contributed by atoms with Crippen molar-refractivity contribution in [3.05, 3.63) is 0 Å². The van der Waals surface area contributed by atoms with Crippen LogP contribution in [-0.4, -0.2) is 43.3 Å². The summed E-state index contributed by atoms with van der Waals surface area (Å²) in [6.07, 6.45) is 2.23. The van der Waals surface area contributed by atoms with Gasteiger partial charge in [-0.05, 0) is 52.6 Å². The lowest BCUT2D eigenvalue weighted by Crippen LogP contribution is -2.44. The van der Waals surface area contributed by atoms with Crippen LogP contribution in [0.4, 0.5) is 4.79 Å². The van der Waals surface area contributed by atoms with Gasteiger partial charge in [-0.15, -0.1) is 0 Å². The summed E-state index contributed by atoms with van der Waals surface area (Å²) in [6.45, 7) is 9.30. The maximum Gasteiger partial charge on any atom is 0.409 e. The molecular formula is C12H24N2O2. The fourth-order valence-electron chi connectivity index (χ4n) is 2.06. The van der Waals surface area contributed by atoms with E-state index >= 15 is 0 Å². The van der Waals surface area contributed by atoms with Crippen molar-refractivity contribution in [3.63, 3.8) is 0 Å². The van der Waals surface area contributed by atoms with Crippen molar-refractivity contribution in [1.29, 1.82) is 0 Å². The fourth-order valence-corrected chi connectivity index (χ4v) is 2.06. The Morgan fingerprint density at radius 1 is 1.56 bits per heavy atom. The summed E-state index contributed by atoms with van der Waals surface area (Å²) in [5.41, 5.74) is 0. The molecule has 0 aliphatic carbocycles. The molecule has 1 saturated heterocycles. The van der Waals surface area contributed by atoms with E-state index in [1.807, 2.05) is 25.7 Å². The zero-order valence-corrected chi connectivity index (χ0v) is 10.7. The average molecular weight is 228 g/mol. The third-order valence-corrected chi connectivity index (χ3v) is 2.98. The van der Waals surface area contributed by atoms with E-state index in [4.69, 9.17) is 4.74 Å². The second-order valence-electron chi connectivity index (χ2n) is 4.66. The van der Waals surface area contributed by atoms with Crippen molar-refractivity contribution < 1.29 is 9.53 Å². The molecule has 1 N–H and O–H groups in total. The van der Waals surface area contributed by atoms with E-state index in [0.29, 0.717) is 12.5 Å². The number of nitrogens with zero attached hydrogens (tertiary/aromatic N) is 1. The average Bonchev–Trinajstić information content (AvgIpc) is 2.27. The molecule has 1 rings (SSSR count). The molecule has 1 aliphatic rings. The minimum atomic E-state index is -0.178. The van der Waals surface area contributed by atoms with Gasteiger partial charge in [0.25, 0.3) is 0 Å². The van der Waals surface area contributed by atoms with E-state index in [-0.39, 0.29) is 12.1 Å². The fraction of sp³-hybridized carbons (Fsp3) is 0.917. The van der Waals surface area contributed by atoms with Crippen LogP contribution in [0, 0.1) is 5.92 Å². The predicted molar refractivity (Wildman–Crippen MR) is 64.5 cm³/mol. The number of ether oxygens (including phenoxy) is 1. The van der Waals surface area contributed by atoms with Crippen LogP contribution in [0.3, 0.4) is 0 Å². The molecular weight excluding hydrogens is 204 g/mol. The Morgan fingerprint density at radius 2 is 2.31 bits per heavy atom. The van der Waals surface area contributed by atoms with E-state index in [2.05, 4.69) is 5.32 Å². The zero-order chi connectivity index (χ0) is 12.0. The minimum Gasteiger partial charge on any atom is -0.450 e.